The Labute approximate surface area is 111 Å². The van der Waals surface area contributed by atoms with Crippen molar-refractivity contribution in [3.05, 3.63) is 36.3 Å². The van der Waals surface area contributed by atoms with Gasteiger partial charge in [0.25, 0.3) is 0 Å². The van der Waals surface area contributed by atoms with Gasteiger partial charge in [-0.15, -0.1) is 0 Å². The topological polar surface area (TPSA) is 46.4 Å². The summed E-state index contributed by atoms with van der Waals surface area (Å²) in [7, 11) is 0. The molecule has 2 fully saturated rings. The average Bonchev–Trinajstić information content (AvgIpc) is 3.04. The lowest BCUT2D eigenvalue weighted by Crippen LogP contribution is -2.40. The molecule has 0 spiro atoms. The maximum Gasteiger partial charge on any atom is 0.182 e. The van der Waals surface area contributed by atoms with E-state index in [2.05, 4.69) is 10.3 Å². The molecule has 0 amide bonds. The Hall–Kier alpha value is -1.68. The Morgan fingerprint density at radius 3 is 2.84 bits per heavy atom. The van der Waals surface area contributed by atoms with Gasteiger partial charge in [0.1, 0.15) is 5.65 Å². The molecule has 0 aliphatic carbocycles. The Morgan fingerprint density at radius 2 is 2.05 bits per heavy atom. The van der Waals surface area contributed by atoms with Crippen LogP contribution in [0.5, 0.6) is 0 Å². The average molecular weight is 255 g/mol. The smallest absolute Gasteiger partial charge is 0.182 e. The predicted octanol–water partition coefficient (Wildman–Crippen LogP) is 2.05. The SMILES string of the molecule is O=C(c1cccc2nccn12)C1CC2CCC(C1)N2. The van der Waals surface area contributed by atoms with Crippen LogP contribution >= 0.6 is 0 Å². The highest BCUT2D eigenvalue weighted by Crippen LogP contribution is 2.32. The number of hydrogen-bond acceptors (Lipinski definition) is 3. The molecule has 2 aliphatic rings. The predicted molar refractivity (Wildman–Crippen MR) is 72.2 cm³/mol. The van der Waals surface area contributed by atoms with Crippen LogP contribution in [0.25, 0.3) is 5.65 Å². The van der Waals surface area contributed by atoms with Crippen LogP contribution in [0.1, 0.15) is 36.2 Å². The molecule has 0 aromatic carbocycles. The van der Waals surface area contributed by atoms with Crippen LogP contribution in [-0.4, -0.2) is 27.3 Å². The van der Waals surface area contributed by atoms with Gasteiger partial charge in [-0.1, -0.05) is 6.07 Å². The van der Waals surface area contributed by atoms with E-state index in [1.54, 1.807) is 6.20 Å². The summed E-state index contributed by atoms with van der Waals surface area (Å²) >= 11 is 0. The Morgan fingerprint density at radius 1 is 1.26 bits per heavy atom. The molecule has 2 aromatic heterocycles. The van der Waals surface area contributed by atoms with E-state index in [1.807, 2.05) is 28.8 Å². The number of piperidine rings is 1. The second kappa shape index (κ2) is 4.17. The Bertz CT molecular complexity index is 621. The van der Waals surface area contributed by atoms with E-state index < -0.39 is 0 Å². The summed E-state index contributed by atoms with van der Waals surface area (Å²) in [5, 5.41) is 3.59. The molecule has 2 atom stereocenters. The molecule has 4 heteroatoms. The quantitative estimate of drug-likeness (QED) is 0.835. The number of fused-ring (bicyclic) bond motifs is 3. The lowest BCUT2D eigenvalue weighted by atomic mass is 9.87. The first kappa shape index (κ1) is 11.2. The summed E-state index contributed by atoms with van der Waals surface area (Å²) in [5.41, 5.74) is 1.63. The zero-order valence-electron chi connectivity index (χ0n) is 10.7. The second-order valence-corrected chi connectivity index (χ2v) is 5.74. The largest absolute Gasteiger partial charge is 0.311 e. The number of rotatable bonds is 2. The van der Waals surface area contributed by atoms with Gasteiger partial charge in [-0.3, -0.25) is 9.20 Å². The minimum atomic E-state index is 0.173. The molecular formula is C15H17N3O. The van der Waals surface area contributed by atoms with Gasteiger partial charge in [-0.2, -0.15) is 0 Å². The van der Waals surface area contributed by atoms with Crippen LogP contribution in [0.3, 0.4) is 0 Å². The number of nitrogens with zero attached hydrogens (tertiary/aromatic N) is 2. The summed E-state index contributed by atoms with van der Waals surface area (Å²) in [4.78, 5) is 17.0. The van der Waals surface area contributed by atoms with E-state index >= 15 is 0 Å². The van der Waals surface area contributed by atoms with Gasteiger partial charge in [0.2, 0.25) is 0 Å². The summed E-state index contributed by atoms with van der Waals surface area (Å²) in [6.07, 6.45) is 8.05. The molecule has 2 aliphatic heterocycles. The Kier molecular flexibility index (Phi) is 2.45. The number of ketones is 1. The van der Waals surface area contributed by atoms with Crippen LogP contribution in [-0.2, 0) is 0 Å². The molecule has 4 rings (SSSR count). The number of imidazole rings is 1. The lowest BCUT2D eigenvalue weighted by molar-refractivity contribution is 0.0869. The molecule has 2 aromatic rings. The van der Waals surface area contributed by atoms with Gasteiger partial charge >= 0.3 is 0 Å². The molecule has 0 saturated carbocycles. The number of nitrogens with one attached hydrogen (secondary N) is 1. The van der Waals surface area contributed by atoms with Crippen LogP contribution in [0, 0.1) is 5.92 Å². The third kappa shape index (κ3) is 1.78. The van der Waals surface area contributed by atoms with E-state index in [0.29, 0.717) is 12.1 Å². The molecule has 4 nitrogen and oxygen atoms in total. The summed E-state index contributed by atoms with van der Waals surface area (Å²) < 4.78 is 1.91. The fourth-order valence-corrected chi connectivity index (χ4v) is 3.63. The van der Waals surface area contributed by atoms with Gasteiger partial charge in [-0.05, 0) is 37.8 Å². The highest BCUT2D eigenvalue weighted by Gasteiger charge is 2.37. The second-order valence-electron chi connectivity index (χ2n) is 5.74. The number of hydrogen-bond donors (Lipinski definition) is 1. The van der Waals surface area contributed by atoms with Crippen molar-refractivity contribution in [3.8, 4) is 0 Å². The summed E-state index contributed by atoms with van der Waals surface area (Å²) in [6.45, 7) is 0. The van der Waals surface area contributed by atoms with Crippen molar-refractivity contribution in [3.63, 3.8) is 0 Å². The van der Waals surface area contributed by atoms with Crippen LogP contribution in [0.4, 0.5) is 0 Å². The molecule has 98 valence electrons. The minimum absolute atomic E-state index is 0.173. The minimum Gasteiger partial charge on any atom is -0.311 e. The third-order valence-electron chi connectivity index (χ3n) is 4.52. The molecule has 2 unspecified atom stereocenters. The van der Waals surface area contributed by atoms with E-state index in [0.717, 1.165) is 24.2 Å². The molecule has 1 N–H and O–H groups in total. The molecular weight excluding hydrogens is 238 g/mol. The van der Waals surface area contributed by atoms with E-state index in [1.165, 1.54) is 12.8 Å². The lowest BCUT2D eigenvalue weighted by Gasteiger charge is -2.28. The van der Waals surface area contributed by atoms with Crippen molar-refractivity contribution in [2.75, 3.05) is 0 Å². The Balaban J connectivity index is 1.68. The standard InChI is InChI=1S/C15H17N3O/c19-15(10-8-11-4-5-12(9-10)17-11)13-2-1-3-14-16-6-7-18(13)14/h1-3,6-7,10-12,17H,4-5,8-9H2. The first-order valence-corrected chi connectivity index (χ1v) is 7.03. The molecule has 2 saturated heterocycles. The zero-order valence-corrected chi connectivity index (χ0v) is 10.7. The zero-order chi connectivity index (χ0) is 12.8. The first-order chi connectivity index (χ1) is 9.31. The number of carbonyl (C=O) groups excluding carboxylic acids is 1. The van der Waals surface area contributed by atoms with Gasteiger partial charge < -0.3 is 5.32 Å². The maximum absolute atomic E-state index is 12.8. The van der Waals surface area contributed by atoms with Gasteiger partial charge in [0.05, 0.1) is 5.69 Å². The van der Waals surface area contributed by atoms with Crippen molar-refractivity contribution in [2.24, 2.45) is 5.92 Å². The van der Waals surface area contributed by atoms with E-state index in [-0.39, 0.29) is 11.7 Å². The van der Waals surface area contributed by atoms with Crippen LogP contribution < -0.4 is 5.32 Å². The molecule has 2 bridgehead atoms. The summed E-state index contributed by atoms with van der Waals surface area (Å²) in [5.74, 6) is 0.453. The van der Waals surface area contributed by atoms with Crippen LogP contribution in [0.2, 0.25) is 0 Å². The monoisotopic (exact) mass is 255 g/mol. The van der Waals surface area contributed by atoms with Gasteiger partial charge in [0, 0.05) is 30.4 Å². The summed E-state index contributed by atoms with van der Waals surface area (Å²) in [6, 6.07) is 6.87. The maximum atomic E-state index is 12.8. The highest BCUT2D eigenvalue weighted by atomic mass is 16.1. The number of carbonyl (C=O) groups is 1. The third-order valence-corrected chi connectivity index (χ3v) is 4.52. The van der Waals surface area contributed by atoms with E-state index in [9.17, 15) is 4.79 Å². The van der Waals surface area contributed by atoms with Crippen molar-refractivity contribution in [1.29, 1.82) is 0 Å². The number of Topliss-reactive ketones (excluding diaryl/α,β-unsaturated/α-hetero) is 1. The number of pyridine rings is 1. The van der Waals surface area contributed by atoms with E-state index in [4.69, 9.17) is 0 Å². The number of aromatic nitrogens is 2. The van der Waals surface area contributed by atoms with Gasteiger partial charge in [0.15, 0.2) is 5.78 Å². The molecule has 0 radical (unpaired) electrons. The van der Waals surface area contributed by atoms with Crippen molar-refractivity contribution < 1.29 is 4.79 Å². The van der Waals surface area contributed by atoms with Crippen molar-refractivity contribution in [2.45, 2.75) is 37.8 Å². The van der Waals surface area contributed by atoms with Gasteiger partial charge in [-0.25, -0.2) is 4.98 Å². The van der Waals surface area contributed by atoms with Crippen molar-refractivity contribution >= 4 is 11.4 Å². The molecule has 4 heterocycles. The highest BCUT2D eigenvalue weighted by molar-refractivity contribution is 5.97. The first-order valence-electron chi connectivity index (χ1n) is 7.03. The van der Waals surface area contributed by atoms with Crippen LogP contribution in [0.15, 0.2) is 30.6 Å². The normalized spacial score (nSPS) is 29.8. The van der Waals surface area contributed by atoms with Crippen molar-refractivity contribution in [1.82, 2.24) is 14.7 Å². The fraction of sp³-hybridized carbons (Fsp3) is 0.467. The molecule has 19 heavy (non-hydrogen) atoms. The fourth-order valence-electron chi connectivity index (χ4n) is 3.63.